The normalized spacial score (nSPS) is 10.0. The van der Waals surface area contributed by atoms with Crippen molar-refractivity contribution in [2.24, 2.45) is 0 Å². The Kier molecular flexibility index (Phi) is 5.41. The molecule has 2 aromatic carbocycles. The predicted molar refractivity (Wildman–Crippen MR) is 95.7 cm³/mol. The Morgan fingerprint density at radius 3 is 2.61 bits per heavy atom. The van der Waals surface area contributed by atoms with Gasteiger partial charge in [-0.05, 0) is 53.3 Å². The van der Waals surface area contributed by atoms with Gasteiger partial charge in [0.05, 0.1) is 10.5 Å². The van der Waals surface area contributed by atoms with E-state index in [0.29, 0.717) is 21.3 Å². The summed E-state index contributed by atoms with van der Waals surface area (Å²) in [7, 11) is 0. The van der Waals surface area contributed by atoms with E-state index in [4.69, 9.17) is 12.2 Å². The number of aryl methyl sites for hydroxylation is 1. The number of hydrogen-bond acceptors (Lipinski definition) is 4. The molecule has 0 radical (unpaired) electrons. The molecule has 0 aromatic heterocycles. The van der Waals surface area contributed by atoms with E-state index in [1.165, 1.54) is 6.07 Å². The van der Waals surface area contributed by atoms with Gasteiger partial charge in [-0.3, -0.25) is 20.2 Å². The molecule has 0 fully saturated rings. The molecule has 0 unspecified atom stereocenters. The van der Waals surface area contributed by atoms with Gasteiger partial charge in [0.2, 0.25) is 0 Å². The molecule has 0 saturated carbocycles. The molecule has 8 heteroatoms. The van der Waals surface area contributed by atoms with Crippen LogP contribution in [0.2, 0.25) is 0 Å². The standard InChI is InChI=1S/C15H12BrN3O3S/c1-9-6-7-10(8-13(9)19(21)22)17-15(23)18-14(20)11-4-2-3-5-12(11)16/h2-8H,1H3,(H2,17,18,20,23). The van der Waals surface area contributed by atoms with Gasteiger partial charge in [-0.2, -0.15) is 0 Å². The first kappa shape index (κ1) is 17.0. The minimum absolute atomic E-state index is 0.0186. The van der Waals surface area contributed by atoms with Crippen LogP contribution in [0.4, 0.5) is 11.4 Å². The van der Waals surface area contributed by atoms with Gasteiger partial charge in [-0.1, -0.05) is 18.2 Å². The third-order valence-electron chi connectivity index (χ3n) is 3.01. The molecule has 0 saturated heterocycles. The zero-order valence-corrected chi connectivity index (χ0v) is 14.4. The zero-order valence-electron chi connectivity index (χ0n) is 12.0. The molecule has 0 aliphatic heterocycles. The number of nitrogens with one attached hydrogen (secondary N) is 2. The second-order valence-electron chi connectivity index (χ2n) is 4.65. The first-order valence-electron chi connectivity index (χ1n) is 6.50. The Morgan fingerprint density at radius 1 is 1.26 bits per heavy atom. The van der Waals surface area contributed by atoms with Crippen LogP contribution in [0, 0.1) is 17.0 Å². The Balaban J connectivity index is 2.08. The fraction of sp³-hybridized carbons (Fsp3) is 0.0667. The first-order chi connectivity index (χ1) is 10.9. The number of carbonyl (C=O) groups is 1. The molecule has 2 rings (SSSR count). The fourth-order valence-electron chi connectivity index (χ4n) is 1.86. The van der Waals surface area contributed by atoms with Crippen LogP contribution in [0.1, 0.15) is 15.9 Å². The number of anilines is 1. The number of nitro groups is 1. The minimum Gasteiger partial charge on any atom is -0.332 e. The molecular weight excluding hydrogens is 382 g/mol. The maximum Gasteiger partial charge on any atom is 0.274 e. The lowest BCUT2D eigenvalue weighted by atomic mass is 10.2. The summed E-state index contributed by atoms with van der Waals surface area (Å²) in [6, 6.07) is 11.6. The average Bonchev–Trinajstić information content (AvgIpc) is 2.49. The molecule has 23 heavy (non-hydrogen) atoms. The Labute approximate surface area is 146 Å². The lowest BCUT2D eigenvalue weighted by Gasteiger charge is -2.10. The van der Waals surface area contributed by atoms with E-state index in [2.05, 4.69) is 26.6 Å². The molecule has 118 valence electrons. The summed E-state index contributed by atoms with van der Waals surface area (Å²) in [4.78, 5) is 22.6. The van der Waals surface area contributed by atoms with Gasteiger partial charge in [0.1, 0.15) is 0 Å². The second-order valence-corrected chi connectivity index (χ2v) is 5.91. The number of hydrogen-bond donors (Lipinski definition) is 2. The largest absolute Gasteiger partial charge is 0.332 e. The predicted octanol–water partition coefficient (Wildman–Crippen LogP) is 3.79. The molecule has 0 atom stereocenters. The number of thiocarbonyl (C=S) groups is 1. The van der Waals surface area contributed by atoms with Crippen molar-refractivity contribution in [2.75, 3.05) is 5.32 Å². The summed E-state index contributed by atoms with van der Waals surface area (Å²) in [6.45, 7) is 1.65. The number of amides is 1. The highest BCUT2D eigenvalue weighted by Crippen LogP contribution is 2.22. The van der Waals surface area contributed by atoms with Crippen LogP contribution in [0.25, 0.3) is 0 Å². The van der Waals surface area contributed by atoms with Crippen molar-refractivity contribution in [3.05, 3.63) is 68.2 Å². The maximum absolute atomic E-state index is 12.1. The van der Waals surface area contributed by atoms with Crippen LogP contribution in [0.3, 0.4) is 0 Å². The molecule has 0 aliphatic rings. The number of nitro benzene ring substituents is 1. The van der Waals surface area contributed by atoms with Crippen molar-refractivity contribution in [2.45, 2.75) is 6.92 Å². The third kappa shape index (κ3) is 4.33. The van der Waals surface area contributed by atoms with E-state index in [0.717, 1.165) is 0 Å². The summed E-state index contributed by atoms with van der Waals surface area (Å²) < 4.78 is 0.645. The molecule has 0 bridgehead atoms. The smallest absolute Gasteiger partial charge is 0.274 e. The summed E-state index contributed by atoms with van der Waals surface area (Å²) in [5.41, 5.74) is 1.39. The van der Waals surface area contributed by atoms with Gasteiger partial charge in [-0.15, -0.1) is 0 Å². The van der Waals surface area contributed by atoms with Gasteiger partial charge >= 0.3 is 0 Å². The van der Waals surface area contributed by atoms with Crippen molar-refractivity contribution in [3.63, 3.8) is 0 Å². The average molecular weight is 394 g/mol. The van der Waals surface area contributed by atoms with Crippen LogP contribution in [0.5, 0.6) is 0 Å². The SMILES string of the molecule is Cc1ccc(NC(=S)NC(=O)c2ccccc2Br)cc1[N+](=O)[O-]. The lowest BCUT2D eigenvalue weighted by Crippen LogP contribution is -2.34. The number of benzene rings is 2. The van der Waals surface area contributed by atoms with Gasteiger partial charge in [0, 0.05) is 21.8 Å². The van der Waals surface area contributed by atoms with Gasteiger partial charge < -0.3 is 5.32 Å². The van der Waals surface area contributed by atoms with E-state index in [1.54, 1.807) is 43.3 Å². The fourth-order valence-corrected chi connectivity index (χ4v) is 2.54. The molecule has 2 N–H and O–H groups in total. The zero-order chi connectivity index (χ0) is 17.0. The van der Waals surface area contributed by atoms with E-state index in [9.17, 15) is 14.9 Å². The van der Waals surface area contributed by atoms with Crippen molar-refractivity contribution < 1.29 is 9.72 Å². The van der Waals surface area contributed by atoms with E-state index in [-0.39, 0.29) is 16.7 Å². The van der Waals surface area contributed by atoms with Crippen molar-refractivity contribution >= 4 is 50.5 Å². The Bertz CT molecular complexity index is 795. The van der Waals surface area contributed by atoms with Crippen molar-refractivity contribution in [1.29, 1.82) is 0 Å². The number of halogens is 1. The van der Waals surface area contributed by atoms with E-state index in [1.807, 2.05) is 0 Å². The topological polar surface area (TPSA) is 84.3 Å². The Hall–Kier alpha value is -2.32. The molecule has 2 aromatic rings. The summed E-state index contributed by atoms with van der Waals surface area (Å²) in [5, 5.41) is 16.3. The first-order valence-corrected chi connectivity index (χ1v) is 7.70. The van der Waals surface area contributed by atoms with E-state index >= 15 is 0 Å². The highest BCUT2D eigenvalue weighted by atomic mass is 79.9. The summed E-state index contributed by atoms with van der Waals surface area (Å²) in [6.07, 6.45) is 0. The molecular formula is C15H12BrN3O3S. The van der Waals surface area contributed by atoms with Gasteiger partial charge in [0.25, 0.3) is 11.6 Å². The molecule has 0 heterocycles. The quantitative estimate of drug-likeness (QED) is 0.470. The second kappa shape index (κ2) is 7.30. The van der Waals surface area contributed by atoms with Crippen LogP contribution < -0.4 is 10.6 Å². The molecule has 1 amide bonds. The highest BCUT2D eigenvalue weighted by molar-refractivity contribution is 9.10. The lowest BCUT2D eigenvalue weighted by molar-refractivity contribution is -0.385. The third-order valence-corrected chi connectivity index (χ3v) is 3.90. The van der Waals surface area contributed by atoms with Crippen LogP contribution >= 0.6 is 28.1 Å². The molecule has 0 spiro atoms. The summed E-state index contributed by atoms with van der Waals surface area (Å²) in [5.74, 6) is -0.378. The number of rotatable bonds is 3. The van der Waals surface area contributed by atoms with Crippen molar-refractivity contribution in [3.8, 4) is 0 Å². The number of nitrogens with zero attached hydrogens (tertiary/aromatic N) is 1. The van der Waals surface area contributed by atoms with Crippen LogP contribution in [0.15, 0.2) is 46.9 Å². The monoisotopic (exact) mass is 393 g/mol. The van der Waals surface area contributed by atoms with Crippen LogP contribution in [-0.2, 0) is 0 Å². The van der Waals surface area contributed by atoms with Gasteiger partial charge in [0.15, 0.2) is 5.11 Å². The maximum atomic E-state index is 12.1. The van der Waals surface area contributed by atoms with E-state index < -0.39 is 4.92 Å². The Morgan fingerprint density at radius 2 is 1.96 bits per heavy atom. The molecule has 0 aliphatic carbocycles. The summed E-state index contributed by atoms with van der Waals surface area (Å²) >= 11 is 8.36. The molecule has 6 nitrogen and oxygen atoms in total. The minimum atomic E-state index is -0.469. The number of carbonyl (C=O) groups excluding carboxylic acids is 1. The highest BCUT2D eigenvalue weighted by Gasteiger charge is 2.13. The van der Waals surface area contributed by atoms with Crippen molar-refractivity contribution in [1.82, 2.24) is 5.32 Å². The van der Waals surface area contributed by atoms with Gasteiger partial charge in [-0.25, -0.2) is 0 Å². The van der Waals surface area contributed by atoms with Crippen LogP contribution in [-0.4, -0.2) is 15.9 Å².